The van der Waals surface area contributed by atoms with Crippen LogP contribution in [0.4, 0.5) is 4.39 Å². The third-order valence-corrected chi connectivity index (χ3v) is 10.2. The van der Waals surface area contributed by atoms with Crippen LogP contribution in [0.2, 0.25) is 16.6 Å². The van der Waals surface area contributed by atoms with Crippen molar-refractivity contribution in [3.63, 3.8) is 0 Å². The van der Waals surface area contributed by atoms with Crippen LogP contribution < -0.4 is 0 Å². The van der Waals surface area contributed by atoms with E-state index >= 15 is 0 Å². The smallest absolute Gasteiger partial charge is 0.187 e. The van der Waals surface area contributed by atoms with Crippen molar-refractivity contribution in [3.05, 3.63) is 0 Å². The highest BCUT2D eigenvalue weighted by atomic mass is 28.3. The Kier molecular flexibility index (Phi) is 6.09. The van der Waals surface area contributed by atoms with Gasteiger partial charge in [0.05, 0.1) is 0 Å². The Hall–Kier alpha value is -0.333. The third-order valence-electron chi connectivity index (χ3n) is 3.90. The van der Waals surface area contributed by atoms with Crippen LogP contribution >= 0.6 is 0 Å². The molecular formula is C15H29FOSi. The van der Waals surface area contributed by atoms with Crippen molar-refractivity contribution in [2.24, 2.45) is 0 Å². The second-order valence-electron chi connectivity index (χ2n) is 6.68. The summed E-state index contributed by atoms with van der Waals surface area (Å²) >= 11 is 0. The van der Waals surface area contributed by atoms with Crippen molar-refractivity contribution < 1.29 is 9.50 Å². The lowest BCUT2D eigenvalue weighted by Gasteiger charge is -2.38. The molecule has 0 rings (SSSR count). The summed E-state index contributed by atoms with van der Waals surface area (Å²) < 4.78 is 13.8. The molecule has 1 N–H and O–H groups in total. The van der Waals surface area contributed by atoms with E-state index in [9.17, 15) is 9.50 Å². The number of halogens is 1. The molecule has 0 heterocycles. The minimum atomic E-state index is -1.88. The molecule has 0 aliphatic heterocycles. The van der Waals surface area contributed by atoms with Gasteiger partial charge in [-0.15, -0.1) is 5.54 Å². The zero-order valence-corrected chi connectivity index (χ0v) is 14.1. The van der Waals surface area contributed by atoms with Crippen LogP contribution in [0.15, 0.2) is 0 Å². The summed E-state index contributed by atoms with van der Waals surface area (Å²) in [6.45, 7) is 16.1. The number of rotatable bonds is 4. The van der Waals surface area contributed by atoms with Crippen molar-refractivity contribution in [2.45, 2.75) is 83.8 Å². The van der Waals surface area contributed by atoms with E-state index in [1.165, 1.54) is 13.8 Å². The van der Waals surface area contributed by atoms with E-state index in [4.69, 9.17) is 0 Å². The maximum Gasteiger partial charge on any atom is 0.187 e. The lowest BCUT2D eigenvalue weighted by molar-refractivity contribution is 0.0228. The van der Waals surface area contributed by atoms with Gasteiger partial charge in [-0.3, -0.25) is 0 Å². The van der Waals surface area contributed by atoms with Crippen LogP contribution in [0.1, 0.15) is 55.4 Å². The Bertz CT molecular complexity index is 296. The van der Waals surface area contributed by atoms with Gasteiger partial charge >= 0.3 is 0 Å². The Balaban J connectivity index is 5.46. The molecule has 0 aliphatic carbocycles. The summed E-state index contributed by atoms with van der Waals surface area (Å²) in [6.07, 6.45) is -1.47. The van der Waals surface area contributed by atoms with Crippen molar-refractivity contribution in [1.82, 2.24) is 0 Å². The Morgan fingerprint density at radius 2 is 1.28 bits per heavy atom. The average Bonchev–Trinajstić information content (AvgIpc) is 2.14. The maximum absolute atomic E-state index is 13.8. The number of alkyl halides is 1. The highest BCUT2D eigenvalue weighted by molar-refractivity contribution is 6.90. The Morgan fingerprint density at radius 1 is 0.944 bits per heavy atom. The molecule has 1 nitrogen and oxygen atoms in total. The first-order valence-corrected chi connectivity index (χ1v) is 9.08. The molecule has 1 atom stereocenters. The topological polar surface area (TPSA) is 20.2 Å². The second-order valence-corrected chi connectivity index (χ2v) is 12.3. The first kappa shape index (κ1) is 17.7. The van der Waals surface area contributed by atoms with E-state index in [-0.39, 0.29) is 0 Å². The molecule has 3 heteroatoms. The molecule has 106 valence electrons. The standard InChI is InChI=1S/C15H29FOSi/c1-11(2)18(12(3)4,13(5)6)10-9-14(16)15(7,8)17/h11-14,17H,1-8H3. The van der Waals surface area contributed by atoms with Gasteiger partial charge in [0.1, 0.15) is 13.7 Å². The molecule has 0 aliphatic rings. The molecule has 0 saturated heterocycles. The highest BCUT2D eigenvalue weighted by Gasteiger charge is 2.42. The Labute approximate surface area is 113 Å². The van der Waals surface area contributed by atoms with Crippen LogP contribution in [-0.4, -0.2) is 25.0 Å². The van der Waals surface area contributed by atoms with Gasteiger partial charge in [0.2, 0.25) is 0 Å². The van der Waals surface area contributed by atoms with Crippen LogP contribution in [0.3, 0.4) is 0 Å². The van der Waals surface area contributed by atoms with Gasteiger partial charge in [-0.1, -0.05) is 47.5 Å². The summed E-state index contributed by atoms with van der Waals surface area (Å²) in [4.78, 5) is 0. The average molecular weight is 272 g/mol. The van der Waals surface area contributed by atoms with Crippen LogP contribution in [0.5, 0.6) is 0 Å². The zero-order valence-electron chi connectivity index (χ0n) is 13.1. The molecule has 0 bridgehead atoms. The summed E-state index contributed by atoms with van der Waals surface area (Å²) in [5.74, 6) is 2.70. The fraction of sp³-hybridized carbons (Fsp3) is 0.867. The van der Waals surface area contributed by atoms with E-state index in [0.29, 0.717) is 16.6 Å². The summed E-state index contributed by atoms with van der Waals surface area (Å²) in [5, 5.41) is 9.64. The highest BCUT2D eigenvalue weighted by Crippen LogP contribution is 2.40. The summed E-state index contributed by atoms with van der Waals surface area (Å²) in [7, 11) is -1.88. The van der Waals surface area contributed by atoms with Crippen molar-refractivity contribution in [1.29, 1.82) is 0 Å². The fourth-order valence-corrected chi connectivity index (χ4v) is 8.04. The van der Waals surface area contributed by atoms with Gasteiger partial charge < -0.3 is 5.11 Å². The van der Waals surface area contributed by atoms with Gasteiger partial charge in [-0.25, -0.2) is 4.39 Å². The number of hydrogen-bond acceptors (Lipinski definition) is 1. The van der Waals surface area contributed by atoms with Gasteiger partial charge in [-0.05, 0) is 30.5 Å². The molecule has 0 aromatic rings. The molecule has 1 unspecified atom stereocenters. The predicted molar refractivity (Wildman–Crippen MR) is 80.0 cm³/mol. The summed E-state index contributed by atoms with van der Waals surface area (Å²) in [5.41, 5.74) is 3.37. The van der Waals surface area contributed by atoms with E-state index < -0.39 is 19.8 Å². The molecule has 0 spiro atoms. The number of hydrogen-bond donors (Lipinski definition) is 1. The second kappa shape index (κ2) is 6.21. The van der Waals surface area contributed by atoms with Crippen molar-refractivity contribution in [3.8, 4) is 11.5 Å². The van der Waals surface area contributed by atoms with E-state index in [0.717, 1.165) is 0 Å². The van der Waals surface area contributed by atoms with Crippen LogP contribution in [0.25, 0.3) is 0 Å². The molecule has 0 aromatic carbocycles. The predicted octanol–water partition coefficient (Wildman–Crippen LogP) is 4.32. The van der Waals surface area contributed by atoms with Gasteiger partial charge in [-0.2, -0.15) is 0 Å². The number of aliphatic hydroxyl groups is 1. The van der Waals surface area contributed by atoms with E-state index in [1.54, 1.807) is 0 Å². The molecule has 18 heavy (non-hydrogen) atoms. The lowest BCUT2D eigenvalue weighted by atomic mass is 10.1. The monoisotopic (exact) mass is 272 g/mol. The van der Waals surface area contributed by atoms with Gasteiger partial charge in [0.25, 0.3) is 0 Å². The molecule has 0 amide bonds. The molecule has 0 fully saturated rings. The van der Waals surface area contributed by atoms with Crippen LogP contribution in [-0.2, 0) is 0 Å². The maximum atomic E-state index is 13.8. The first-order valence-electron chi connectivity index (χ1n) is 6.85. The Morgan fingerprint density at radius 3 is 1.50 bits per heavy atom. The third kappa shape index (κ3) is 3.83. The SMILES string of the molecule is CC(C)[Si](C#CC(F)C(C)(C)O)(C(C)C)C(C)C. The van der Waals surface area contributed by atoms with Gasteiger partial charge in [0.15, 0.2) is 6.17 Å². The normalized spacial score (nSPS) is 14.9. The largest absolute Gasteiger partial charge is 0.386 e. The molecular weight excluding hydrogens is 243 g/mol. The van der Waals surface area contributed by atoms with E-state index in [1.807, 2.05) is 0 Å². The minimum absolute atomic E-state index is 0.485. The molecule has 0 saturated carbocycles. The van der Waals surface area contributed by atoms with E-state index in [2.05, 4.69) is 53.0 Å². The minimum Gasteiger partial charge on any atom is -0.386 e. The quantitative estimate of drug-likeness (QED) is 0.597. The zero-order chi connectivity index (χ0) is 14.7. The summed E-state index contributed by atoms with van der Waals surface area (Å²) in [6, 6.07) is 0. The van der Waals surface area contributed by atoms with Crippen molar-refractivity contribution in [2.75, 3.05) is 0 Å². The molecule has 0 aromatic heterocycles. The first-order chi connectivity index (χ1) is 7.96. The van der Waals surface area contributed by atoms with Gasteiger partial charge in [0, 0.05) is 0 Å². The molecule has 0 radical (unpaired) electrons. The van der Waals surface area contributed by atoms with Crippen LogP contribution in [0, 0.1) is 11.5 Å². The lowest BCUT2D eigenvalue weighted by Crippen LogP contribution is -2.44. The van der Waals surface area contributed by atoms with Crippen molar-refractivity contribution >= 4 is 8.07 Å². The fourth-order valence-electron chi connectivity index (χ4n) is 2.80.